The Kier molecular flexibility index (Phi) is 3.44. The molecule has 2 rings (SSSR count). The lowest BCUT2D eigenvalue weighted by atomic mass is 10.0. The third-order valence-corrected chi connectivity index (χ3v) is 2.77. The number of carbonyl (C=O) groups is 1. The van der Waals surface area contributed by atoms with Crippen molar-refractivity contribution in [1.82, 2.24) is 0 Å². The van der Waals surface area contributed by atoms with E-state index in [-0.39, 0.29) is 5.97 Å². The molecule has 86 valence electrons. The lowest BCUT2D eigenvalue weighted by molar-refractivity contribution is -0.142. The summed E-state index contributed by atoms with van der Waals surface area (Å²) in [6.45, 7) is 3.30. The van der Waals surface area contributed by atoms with Gasteiger partial charge < -0.3 is 10.1 Å². The predicted molar refractivity (Wildman–Crippen MR) is 63.6 cm³/mol. The number of aryl methyl sites for hydroxylation is 1. The van der Waals surface area contributed by atoms with Gasteiger partial charge in [0.1, 0.15) is 0 Å². The standard InChI is InChI=1S/C13H17NO2/c1-2-16-13(15)9-10-5-6-11-4-3-7-14-12(11)8-10/h5-6,8,14H,2-4,7,9H2,1H3. The second-order valence-electron chi connectivity index (χ2n) is 4.00. The topological polar surface area (TPSA) is 38.3 Å². The fourth-order valence-electron chi connectivity index (χ4n) is 2.00. The summed E-state index contributed by atoms with van der Waals surface area (Å²) in [5.41, 5.74) is 3.54. The summed E-state index contributed by atoms with van der Waals surface area (Å²) < 4.78 is 4.93. The molecule has 0 fully saturated rings. The molecule has 3 heteroatoms. The first-order valence-electron chi connectivity index (χ1n) is 5.81. The number of rotatable bonds is 3. The molecule has 0 aromatic heterocycles. The van der Waals surface area contributed by atoms with Gasteiger partial charge in [-0.05, 0) is 37.0 Å². The predicted octanol–water partition coefficient (Wildman–Crippen LogP) is 2.15. The number of esters is 1. The van der Waals surface area contributed by atoms with Crippen LogP contribution in [0.4, 0.5) is 5.69 Å². The summed E-state index contributed by atoms with van der Waals surface area (Å²) in [7, 11) is 0. The summed E-state index contributed by atoms with van der Waals surface area (Å²) in [6.07, 6.45) is 2.68. The number of fused-ring (bicyclic) bond motifs is 1. The number of hydrogen-bond acceptors (Lipinski definition) is 3. The average Bonchev–Trinajstić information content (AvgIpc) is 2.29. The quantitative estimate of drug-likeness (QED) is 0.792. The summed E-state index contributed by atoms with van der Waals surface area (Å²) in [6, 6.07) is 6.18. The Morgan fingerprint density at radius 3 is 3.19 bits per heavy atom. The summed E-state index contributed by atoms with van der Waals surface area (Å²) in [5, 5.41) is 3.36. The van der Waals surface area contributed by atoms with Crippen molar-refractivity contribution >= 4 is 11.7 Å². The van der Waals surface area contributed by atoms with Crippen molar-refractivity contribution in [2.75, 3.05) is 18.5 Å². The molecule has 0 spiro atoms. The maximum Gasteiger partial charge on any atom is 0.310 e. The SMILES string of the molecule is CCOC(=O)Cc1ccc2c(c1)NCCC2. The monoisotopic (exact) mass is 219 g/mol. The molecule has 1 aliphatic rings. The molecule has 0 unspecified atom stereocenters. The van der Waals surface area contributed by atoms with Crippen molar-refractivity contribution in [1.29, 1.82) is 0 Å². The highest BCUT2D eigenvalue weighted by molar-refractivity contribution is 5.73. The van der Waals surface area contributed by atoms with Gasteiger partial charge in [-0.1, -0.05) is 12.1 Å². The first-order valence-corrected chi connectivity index (χ1v) is 5.81. The summed E-state index contributed by atoms with van der Waals surface area (Å²) in [4.78, 5) is 11.3. The Morgan fingerprint density at radius 2 is 2.38 bits per heavy atom. The zero-order chi connectivity index (χ0) is 11.4. The van der Waals surface area contributed by atoms with Gasteiger partial charge in [-0.2, -0.15) is 0 Å². The zero-order valence-electron chi connectivity index (χ0n) is 9.58. The van der Waals surface area contributed by atoms with E-state index in [0.29, 0.717) is 13.0 Å². The molecule has 0 bridgehead atoms. The molecule has 1 aliphatic heterocycles. The van der Waals surface area contributed by atoms with Gasteiger partial charge in [0.2, 0.25) is 0 Å². The molecule has 3 nitrogen and oxygen atoms in total. The van der Waals surface area contributed by atoms with E-state index < -0.39 is 0 Å². The van der Waals surface area contributed by atoms with Crippen LogP contribution < -0.4 is 5.32 Å². The molecule has 16 heavy (non-hydrogen) atoms. The zero-order valence-corrected chi connectivity index (χ0v) is 9.58. The number of anilines is 1. The second kappa shape index (κ2) is 5.01. The minimum atomic E-state index is -0.154. The summed E-state index contributed by atoms with van der Waals surface area (Å²) in [5.74, 6) is -0.154. The molecule has 0 saturated carbocycles. The minimum Gasteiger partial charge on any atom is -0.466 e. The molecule has 1 heterocycles. The van der Waals surface area contributed by atoms with E-state index in [0.717, 1.165) is 18.5 Å². The van der Waals surface area contributed by atoms with Crippen LogP contribution in [0.5, 0.6) is 0 Å². The van der Waals surface area contributed by atoms with E-state index in [1.807, 2.05) is 13.0 Å². The van der Waals surface area contributed by atoms with Gasteiger partial charge in [-0.15, -0.1) is 0 Å². The van der Waals surface area contributed by atoms with Crippen LogP contribution in [0.3, 0.4) is 0 Å². The number of carbonyl (C=O) groups excluding carboxylic acids is 1. The first kappa shape index (κ1) is 11.0. The first-order chi connectivity index (χ1) is 7.79. The highest BCUT2D eigenvalue weighted by Gasteiger charge is 2.10. The van der Waals surface area contributed by atoms with Crippen molar-refractivity contribution < 1.29 is 9.53 Å². The van der Waals surface area contributed by atoms with E-state index in [9.17, 15) is 4.79 Å². The molecule has 1 aromatic rings. The van der Waals surface area contributed by atoms with Gasteiger partial charge in [-0.25, -0.2) is 0 Å². The van der Waals surface area contributed by atoms with Gasteiger partial charge in [0.25, 0.3) is 0 Å². The van der Waals surface area contributed by atoms with Gasteiger partial charge in [0, 0.05) is 12.2 Å². The van der Waals surface area contributed by atoms with Gasteiger partial charge in [0.15, 0.2) is 0 Å². The third-order valence-electron chi connectivity index (χ3n) is 2.77. The van der Waals surface area contributed by atoms with Gasteiger partial charge >= 0.3 is 5.97 Å². The Bertz CT molecular complexity index is 388. The van der Waals surface area contributed by atoms with Crippen LogP contribution >= 0.6 is 0 Å². The van der Waals surface area contributed by atoms with Gasteiger partial charge in [-0.3, -0.25) is 4.79 Å². The number of ether oxygens (including phenoxy) is 1. The van der Waals surface area contributed by atoms with Crippen molar-refractivity contribution in [3.8, 4) is 0 Å². The van der Waals surface area contributed by atoms with Crippen LogP contribution in [-0.2, 0) is 22.4 Å². The fourth-order valence-corrected chi connectivity index (χ4v) is 2.00. The molecule has 1 aromatic carbocycles. The van der Waals surface area contributed by atoms with Crippen molar-refractivity contribution in [2.24, 2.45) is 0 Å². The van der Waals surface area contributed by atoms with E-state index in [1.165, 1.54) is 17.7 Å². The van der Waals surface area contributed by atoms with Crippen LogP contribution in [0.25, 0.3) is 0 Å². The Balaban J connectivity index is 2.08. The lowest BCUT2D eigenvalue weighted by Gasteiger charge is -2.18. The Labute approximate surface area is 95.8 Å². The molecular weight excluding hydrogens is 202 g/mol. The molecule has 0 saturated heterocycles. The lowest BCUT2D eigenvalue weighted by Crippen LogP contribution is -2.13. The highest BCUT2D eigenvalue weighted by atomic mass is 16.5. The third kappa shape index (κ3) is 2.54. The van der Waals surface area contributed by atoms with E-state index in [1.54, 1.807) is 0 Å². The molecule has 0 atom stereocenters. The average molecular weight is 219 g/mol. The molecule has 0 aliphatic carbocycles. The van der Waals surface area contributed by atoms with Crippen molar-refractivity contribution in [3.05, 3.63) is 29.3 Å². The van der Waals surface area contributed by atoms with Gasteiger partial charge in [0.05, 0.1) is 13.0 Å². The van der Waals surface area contributed by atoms with Crippen LogP contribution in [0.1, 0.15) is 24.5 Å². The minimum absolute atomic E-state index is 0.154. The van der Waals surface area contributed by atoms with E-state index >= 15 is 0 Å². The smallest absolute Gasteiger partial charge is 0.310 e. The number of hydrogen-bond donors (Lipinski definition) is 1. The normalized spacial score (nSPS) is 13.8. The highest BCUT2D eigenvalue weighted by Crippen LogP contribution is 2.23. The number of nitrogens with one attached hydrogen (secondary N) is 1. The van der Waals surface area contributed by atoms with Crippen molar-refractivity contribution in [3.63, 3.8) is 0 Å². The molecule has 0 radical (unpaired) electrons. The van der Waals surface area contributed by atoms with E-state index in [2.05, 4.69) is 17.4 Å². The molecular formula is C13H17NO2. The van der Waals surface area contributed by atoms with Crippen molar-refractivity contribution in [2.45, 2.75) is 26.2 Å². The van der Waals surface area contributed by atoms with Crippen LogP contribution in [-0.4, -0.2) is 19.1 Å². The van der Waals surface area contributed by atoms with Crippen LogP contribution in [0.2, 0.25) is 0 Å². The Morgan fingerprint density at radius 1 is 1.50 bits per heavy atom. The largest absolute Gasteiger partial charge is 0.466 e. The summed E-state index contributed by atoms with van der Waals surface area (Å²) >= 11 is 0. The maximum absolute atomic E-state index is 11.3. The Hall–Kier alpha value is -1.51. The van der Waals surface area contributed by atoms with Crippen LogP contribution in [0.15, 0.2) is 18.2 Å². The fraction of sp³-hybridized carbons (Fsp3) is 0.462. The van der Waals surface area contributed by atoms with E-state index in [4.69, 9.17) is 4.74 Å². The molecule has 1 N–H and O–H groups in total. The van der Waals surface area contributed by atoms with Crippen LogP contribution in [0, 0.1) is 0 Å². The maximum atomic E-state index is 11.3. The number of benzene rings is 1. The molecule has 0 amide bonds. The second-order valence-corrected chi connectivity index (χ2v) is 4.00.